The van der Waals surface area contributed by atoms with E-state index in [0.717, 1.165) is 0 Å². The van der Waals surface area contributed by atoms with Crippen LogP contribution in [0.2, 0.25) is 0 Å². The first-order chi connectivity index (χ1) is 8.39. The fraction of sp³-hybridized carbons (Fsp3) is 0.700. The fourth-order valence-electron chi connectivity index (χ4n) is 1.47. The smallest absolute Gasteiger partial charge is 0.408 e. The average molecular weight is 265 g/mol. The lowest BCUT2D eigenvalue weighted by Gasteiger charge is -2.09. The minimum Gasteiger partial charge on any atom is -0.461 e. The number of ether oxygens (including phenoxy) is 1. The van der Waals surface area contributed by atoms with Gasteiger partial charge in [0, 0.05) is 0 Å². The first-order valence-corrected chi connectivity index (χ1v) is 5.55. The van der Waals surface area contributed by atoms with E-state index in [1.54, 1.807) is 13.8 Å². The number of nitrogens with zero attached hydrogens (tertiary/aromatic N) is 3. The molecular formula is C10H14F3N3O2. The summed E-state index contributed by atoms with van der Waals surface area (Å²) in [5, 5.41) is 6.85. The molecule has 0 N–H and O–H groups in total. The quantitative estimate of drug-likeness (QED) is 0.764. The van der Waals surface area contributed by atoms with E-state index in [-0.39, 0.29) is 24.4 Å². The molecule has 0 radical (unpaired) electrons. The van der Waals surface area contributed by atoms with E-state index in [4.69, 9.17) is 4.74 Å². The van der Waals surface area contributed by atoms with Gasteiger partial charge >= 0.3 is 12.1 Å². The summed E-state index contributed by atoms with van der Waals surface area (Å²) in [5.41, 5.74) is 0.0243. The molecule has 1 heterocycles. The Bertz CT molecular complexity index is 415. The van der Waals surface area contributed by atoms with Crippen molar-refractivity contribution in [2.24, 2.45) is 0 Å². The number of hydrogen-bond donors (Lipinski definition) is 0. The van der Waals surface area contributed by atoms with Crippen LogP contribution in [0, 0.1) is 0 Å². The maximum absolute atomic E-state index is 12.3. The zero-order chi connectivity index (χ0) is 13.8. The Hall–Kier alpha value is -1.60. The van der Waals surface area contributed by atoms with Gasteiger partial charge in [-0.3, -0.25) is 0 Å². The van der Waals surface area contributed by atoms with Crippen LogP contribution in [0.25, 0.3) is 0 Å². The van der Waals surface area contributed by atoms with Crippen molar-refractivity contribution in [3.8, 4) is 0 Å². The molecule has 0 unspecified atom stereocenters. The first-order valence-electron chi connectivity index (χ1n) is 5.55. The third-order valence-corrected chi connectivity index (χ3v) is 2.12. The van der Waals surface area contributed by atoms with Gasteiger partial charge < -0.3 is 4.74 Å². The number of halogens is 3. The van der Waals surface area contributed by atoms with Crippen molar-refractivity contribution in [1.29, 1.82) is 0 Å². The highest BCUT2D eigenvalue weighted by Crippen LogP contribution is 2.19. The molecule has 1 aromatic rings. The molecule has 0 aliphatic rings. The SMILES string of the molecule is CCCc1c(C(=O)OCC)nnn1CC(F)(F)F. The van der Waals surface area contributed by atoms with E-state index in [2.05, 4.69) is 10.3 Å². The molecule has 0 amide bonds. The molecule has 0 spiro atoms. The molecule has 18 heavy (non-hydrogen) atoms. The first kappa shape index (κ1) is 14.5. The van der Waals surface area contributed by atoms with Crippen molar-refractivity contribution in [3.63, 3.8) is 0 Å². The van der Waals surface area contributed by atoms with Gasteiger partial charge in [-0.15, -0.1) is 5.10 Å². The molecule has 1 rings (SSSR count). The van der Waals surface area contributed by atoms with Crippen LogP contribution in [-0.4, -0.2) is 33.7 Å². The van der Waals surface area contributed by atoms with E-state index >= 15 is 0 Å². The summed E-state index contributed by atoms with van der Waals surface area (Å²) in [6.45, 7) is 2.28. The number of hydrogen-bond acceptors (Lipinski definition) is 4. The molecule has 1 aromatic heterocycles. The van der Waals surface area contributed by atoms with Crippen LogP contribution in [-0.2, 0) is 17.7 Å². The number of aromatic nitrogens is 3. The number of carbonyl (C=O) groups excluding carboxylic acids is 1. The van der Waals surface area contributed by atoms with E-state index in [0.29, 0.717) is 11.1 Å². The van der Waals surface area contributed by atoms with Crippen molar-refractivity contribution in [1.82, 2.24) is 15.0 Å². The third-order valence-electron chi connectivity index (χ3n) is 2.12. The zero-order valence-electron chi connectivity index (χ0n) is 10.1. The standard InChI is InChI=1S/C10H14F3N3O2/c1-3-5-7-8(9(17)18-4-2)14-15-16(7)6-10(11,12)13/h3-6H2,1-2H3. The normalized spacial score (nSPS) is 11.6. The maximum Gasteiger partial charge on any atom is 0.408 e. The van der Waals surface area contributed by atoms with Gasteiger partial charge in [-0.1, -0.05) is 18.6 Å². The van der Waals surface area contributed by atoms with Crippen LogP contribution in [0.3, 0.4) is 0 Å². The van der Waals surface area contributed by atoms with E-state index in [1.165, 1.54) is 0 Å². The number of esters is 1. The Morgan fingerprint density at radius 3 is 2.56 bits per heavy atom. The molecular weight excluding hydrogens is 251 g/mol. The lowest BCUT2D eigenvalue weighted by atomic mass is 10.2. The lowest BCUT2D eigenvalue weighted by molar-refractivity contribution is -0.143. The van der Waals surface area contributed by atoms with Crippen LogP contribution < -0.4 is 0 Å². The van der Waals surface area contributed by atoms with Gasteiger partial charge in [0.25, 0.3) is 0 Å². The van der Waals surface area contributed by atoms with E-state index in [9.17, 15) is 18.0 Å². The highest BCUT2D eigenvalue weighted by molar-refractivity contribution is 5.88. The van der Waals surface area contributed by atoms with Crippen LogP contribution in [0.15, 0.2) is 0 Å². The monoisotopic (exact) mass is 265 g/mol. The van der Waals surface area contributed by atoms with Gasteiger partial charge in [-0.25, -0.2) is 9.48 Å². The number of alkyl halides is 3. The highest BCUT2D eigenvalue weighted by Gasteiger charge is 2.31. The molecule has 0 bridgehead atoms. The summed E-state index contributed by atoms with van der Waals surface area (Å²) in [7, 11) is 0. The molecule has 0 saturated heterocycles. The molecule has 0 fully saturated rings. The Morgan fingerprint density at radius 2 is 2.06 bits per heavy atom. The van der Waals surface area contributed by atoms with Crippen molar-refractivity contribution < 1.29 is 22.7 Å². The summed E-state index contributed by atoms with van der Waals surface area (Å²) in [6, 6.07) is 0. The summed E-state index contributed by atoms with van der Waals surface area (Å²) in [5.74, 6) is -0.741. The Morgan fingerprint density at radius 1 is 1.39 bits per heavy atom. The number of carbonyl (C=O) groups is 1. The number of rotatable bonds is 5. The van der Waals surface area contributed by atoms with E-state index < -0.39 is 18.7 Å². The van der Waals surface area contributed by atoms with Gasteiger partial charge in [0.05, 0.1) is 12.3 Å². The van der Waals surface area contributed by atoms with Crippen molar-refractivity contribution in [2.75, 3.05) is 6.61 Å². The van der Waals surface area contributed by atoms with Crippen molar-refractivity contribution in [3.05, 3.63) is 11.4 Å². The second-order valence-corrected chi connectivity index (χ2v) is 3.63. The fourth-order valence-corrected chi connectivity index (χ4v) is 1.47. The average Bonchev–Trinajstić information content (AvgIpc) is 2.60. The molecule has 0 saturated carbocycles. The Labute approximate surface area is 102 Å². The summed E-state index contributed by atoms with van der Waals surface area (Å²) in [6.07, 6.45) is -3.53. The predicted octanol–water partition coefficient (Wildman–Crippen LogP) is 1.97. The maximum atomic E-state index is 12.3. The molecule has 0 atom stereocenters. The second kappa shape index (κ2) is 5.83. The largest absolute Gasteiger partial charge is 0.461 e. The van der Waals surface area contributed by atoms with Crippen molar-refractivity contribution in [2.45, 2.75) is 39.4 Å². The van der Waals surface area contributed by atoms with Gasteiger partial charge in [0.2, 0.25) is 0 Å². The topological polar surface area (TPSA) is 57.0 Å². The van der Waals surface area contributed by atoms with Crippen molar-refractivity contribution >= 4 is 5.97 Å². The molecule has 0 aliphatic heterocycles. The predicted molar refractivity (Wildman–Crippen MR) is 56.0 cm³/mol. The van der Waals surface area contributed by atoms with Crippen LogP contribution >= 0.6 is 0 Å². The highest BCUT2D eigenvalue weighted by atomic mass is 19.4. The molecule has 8 heteroatoms. The second-order valence-electron chi connectivity index (χ2n) is 3.63. The third kappa shape index (κ3) is 3.71. The zero-order valence-corrected chi connectivity index (χ0v) is 10.1. The molecule has 102 valence electrons. The Kier molecular flexibility index (Phi) is 4.69. The summed E-state index contributed by atoms with van der Waals surface area (Å²) < 4.78 is 42.4. The van der Waals surface area contributed by atoms with Gasteiger partial charge in [-0.05, 0) is 13.3 Å². The van der Waals surface area contributed by atoms with Gasteiger partial charge in [0.15, 0.2) is 5.69 Å². The van der Waals surface area contributed by atoms with E-state index in [1.807, 2.05) is 0 Å². The summed E-state index contributed by atoms with van der Waals surface area (Å²) >= 11 is 0. The van der Waals surface area contributed by atoms with Crippen LogP contribution in [0.4, 0.5) is 13.2 Å². The molecule has 0 aliphatic carbocycles. The minimum atomic E-state index is -4.40. The van der Waals surface area contributed by atoms with Gasteiger partial charge in [0.1, 0.15) is 6.54 Å². The van der Waals surface area contributed by atoms with Crippen LogP contribution in [0.1, 0.15) is 36.5 Å². The van der Waals surface area contributed by atoms with Gasteiger partial charge in [-0.2, -0.15) is 13.2 Å². The molecule has 5 nitrogen and oxygen atoms in total. The summed E-state index contributed by atoms with van der Waals surface area (Å²) in [4.78, 5) is 11.5. The Balaban J connectivity index is 3.02. The molecule has 0 aromatic carbocycles. The van der Waals surface area contributed by atoms with Crippen LogP contribution in [0.5, 0.6) is 0 Å². The lowest BCUT2D eigenvalue weighted by Crippen LogP contribution is -2.21. The minimum absolute atomic E-state index is 0.135.